The molecule has 0 amide bonds. The summed E-state index contributed by atoms with van der Waals surface area (Å²) in [7, 11) is 2.08. The third kappa shape index (κ3) is 3.28. The minimum atomic E-state index is 0.464. The van der Waals surface area contributed by atoms with Crippen LogP contribution in [-0.4, -0.2) is 25.8 Å². The lowest BCUT2D eigenvalue weighted by atomic mass is 9.87. The summed E-state index contributed by atoms with van der Waals surface area (Å²) in [5.41, 5.74) is 0. The maximum absolute atomic E-state index is 5.55. The molecule has 3 atom stereocenters. The normalized spacial score (nSPS) is 31.6. The Hall–Kier alpha value is -0.0800. The molecule has 1 heterocycles. The van der Waals surface area contributed by atoms with E-state index in [2.05, 4.69) is 26.2 Å². The van der Waals surface area contributed by atoms with Crippen molar-refractivity contribution in [1.82, 2.24) is 5.32 Å². The summed E-state index contributed by atoms with van der Waals surface area (Å²) < 4.78 is 5.55. The van der Waals surface area contributed by atoms with E-state index in [1.165, 1.54) is 25.7 Å². The molecule has 0 aliphatic carbocycles. The molecule has 3 unspecified atom stereocenters. The van der Waals surface area contributed by atoms with Gasteiger partial charge in [-0.2, -0.15) is 0 Å². The van der Waals surface area contributed by atoms with Crippen molar-refractivity contribution in [2.45, 2.75) is 51.7 Å². The highest BCUT2D eigenvalue weighted by molar-refractivity contribution is 4.79. The summed E-state index contributed by atoms with van der Waals surface area (Å²) in [6.45, 7) is 5.39. The zero-order valence-electron chi connectivity index (χ0n) is 9.18. The van der Waals surface area contributed by atoms with Crippen molar-refractivity contribution in [3.63, 3.8) is 0 Å². The Kier molecular flexibility index (Phi) is 4.74. The van der Waals surface area contributed by atoms with Crippen LogP contribution in [0, 0.1) is 5.92 Å². The van der Waals surface area contributed by atoms with E-state index in [1.54, 1.807) is 0 Å². The van der Waals surface area contributed by atoms with Crippen LogP contribution in [0.1, 0.15) is 39.5 Å². The van der Waals surface area contributed by atoms with Crippen LogP contribution in [0.4, 0.5) is 0 Å². The molecule has 0 aromatic heterocycles. The van der Waals surface area contributed by atoms with Crippen molar-refractivity contribution in [2.75, 3.05) is 13.7 Å². The topological polar surface area (TPSA) is 21.3 Å². The molecule has 1 aliphatic heterocycles. The molecule has 1 fully saturated rings. The van der Waals surface area contributed by atoms with Gasteiger partial charge in [0.05, 0.1) is 6.10 Å². The molecule has 1 N–H and O–H groups in total. The van der Waals surface area contributed by atoms with Gasteiger partial charge in [-0.1, -0.05) is 13.3 Å². The van der Waals surface area contributed by atoms with E-state index in [4.69, 9.17) is 4.74 Å². The Labute approximate surface area is 82.0 Å². The molecule has 2 nitrogen and oxygen atoms in total. The number of rotatable bonds is 4. The fourth-order valence-electron chi connectivity index (χ4n) is 2.33. The Morgan fingerprint density at radius 1 is 1.54 bits per heavy atom. The van der Waals surface area contributed by atoms with Gasteiger partial charge in [0.25, 0.3) is 0 Å². The highest BCUT2D eigenvalue weighted by Gasteiger charge is 2.25. The van der Waals surface area contributed by atoms with Crippen molar-refractivity contribution < 1.29 is 4.74 Å². The molecule has 1 aliphatic rings. The summed E-state index contributed by atoms with van der Waals surface area (Å²) in [4.78, 5) is 0. The molecular weight excluding hydrogens is 162 g/mol. The van der Waals surface area contributed by atoms with Gasteiger partial charge in [-0.25, -0.2) is 0 Å². The average Bonchev–Trinajstić information content (AvgIpc) is 2.14. The summed E-state index contributed by atoms with van der Waals surface area (Å²) in [6.07, 6.45) is 5.50. The second kappa shape index (κ2) is 5.61. The van der Waals surface area contributed by atoms with Gasteiger partial charge in [0.15, 0.2) is 0 Å². The quantitative estimate of drug-likeness (QED) is 0.725. The first-order valence-electron chi connectivity index (χ1n) is 5.56. The van der Waals surface area contributed by atoms with Crippen molar-refractivity contribution >= 4 is 0 Å². The first kappa shape index (κ1) is 11.0. The molecule has 0 aromatic rings. The molecule has 0 bridgehead atoms. The lowest BCUT2D eigenvalue weighted by molar-refractivity contribution is -0.00643. The Balaban J connectivity index is 2.37. The lowest BCUT2D eigenvalue weighted by Crippen LogP contribution is -2.38. The first-order chi connectivity index (χ1) is 6.27. The van der Waals surface area contributed by atoms with Gasteiger partial charge in [-0.05, 0) is 39.2 Å². The second-order valence-electron chi connectivity index (χ2n) is 4.15. The molecule has 1 rings (SSSR count). The minimum Gasteiger partial charge on any atom is -0.378 e. The monoisotopic (exact) mass is 185 g/mol. The molecular formula is C11H23NO. The maximum Gasteiger partial charge on any atom is 0.0550 e. The fourth-order valence-corrected chi connectivity index (χ4v) is 2.33. The van der Waals surface area contributed by atoms with E-state index < -0.39 is 0 Å². The molecule has 13 heavy (non-hydrogen) atoms. The number of hydrogen-bond donors (Lipinski definition) is 1. The first-order valence-corrected chi connectivity index (χ1v) is 5.56. The van der Waals surface area contributed by atoms with E-state index in [-0.39, 0.29) is 0 Å². The minimum absolute atomic E-state index is 0.464. The molecule has 1 saturated heterocycles. The van der Waals surface area contributed by atoms with Gasteiger partial charge in [0.2, 0.25) is 0 Å². The fraction of sp³-hybridized carbons (Fsp3) is 1.00. The molecule has 0 aromatic carbocycles. The van der Waals surface area contributed by atoms with Crippen LogP contribution in [0.5, 0.6) is 0 Å². The van der Waals surface area contributed by atoms with Gasteiger partial charge in [0.1, 0.15) is 0 Å². The maximum atomic E-state index is 5.55. The Morgan fingerprint density at radius 3 is 2.85 bits per heavy atom. The van der Waals surface area contributed by atoms with Crippen LogP contribution in [0.15, 0.2) is 0 Å². The van der Waals surface area contributed by atoms with E-state index in [0.29, 0.717) is 12.1 Å². The van der Waals surface area contributed by atoms with Gasteiger partial charge >= 0.3 is 0 Å². The second-order valence-corrected chi connectivity index (χ2v) is 4.15. The van der Waals surface area contributed by atoms with E-state index in [9.17, 15) is 0 Å². The van der Waals surface area contributed by atoms with Crippen LogP contribution in [-0.2, 0) is 4.74 Å². The van der Waals surface area contributed by atoms with Crippen LogP contribution >= 0.6 is 0 Å². The summed E-state index contributed by atoms with van der Waals surface area (Å²) in [5, 5.41) is 3.44. The van der Waals surface area contributed by atoms with E-state index in [0.717, 1.165) is 12.5 Å². The SMILES string of the molecule is CCCC(NC)C1CCOC(C)C1. The zero-order chi connectivity index (χ0) is 9.68. The van der Waals surface area contributed by atoms with Crippen molar-refractivity contribution in [1.29, 1.82) is 0 Å². The Bertz CT molecular complexity index is 138. The molecule has 0 saturated carbocycles. The van der Waals surface area contributed by atoms with E-state index in [1.807, 2.05) is 0 Å². The summed E-state index contributed by atoms with van der Waals surface area (Å²) in [6, 6.07) is 0.705. The molecule has 0 spiro atoms. The van der Waals surface area contributed by atoms with Crippen LogP contribution in [0.3, 0.4) is 0 Å². The summed E-state index contributed by atoms with van der Waals surface area (Å²) >= 11 is 0. The van der Waals surface area contributed by atoms with Crippen LogP contribution in [0.25, 0.3) is 0 Å². The van der Waals surface area contributed by atoms with Crippen molar-refractivity contribution in [3.8, 4) is 0 Å². The molecule has 0 radical (unpaired) electrons. The largest absolute Gasteiger partial charge is 0.378 e. The van der Waals surface area contributed by atoms with Crippen LogP contribution in [0.2, 0.25) is 0 Å². The van der Waals surface area contributed by atoms with Gasteiger partial charge in [0, 0.05) is 12.6 Å². The standard InChI is InChI=1S/C11H23NO/c1-4-5-11(12-3)10-6-7-13-9(2)8-10/h9-12H,4-8H2,1-3H3. The van der Waals surface area contributed by atoms with E-state index >= 15 is 0 Å². The third-order valence-corrected chi connectivity index (χ3v) is 3.07. The number of hydrogen-bond acceptors (Lipinski definition) is 2. The highest BCUT2D eigenvalue weighted by atomic mass is 16.5. The van der Waals surface area contributed by atoms with Crippen molar-refractivity contribution in [3.05, 3.63) is 0 Å². The average molecular weight is 185 g/mol. The van der Waals surface area contributed by atoms with Gasteiger partial charge in [-0.3, -0.25) is 0 Å². The molecule has 78 valence electrons. The summed E-state index contributed by atoms with van der Waals surface area (Å²) in [5.74, 6) is 0.827. The number of ether oxygens (including phenoxy) is 1. The zero-order valence-corrected chi connectivity index (χ0v) is 9.18. The predicted molar refractivity (Wildman–Crippen MR) is 55.9 cm³/mol. The predicted octanol–water partition coefficient (Wildman–Crippen LogP) is 2.19. The van der Waals surface area contributed by atoms with Gasteiger partial charge in [-0.15, -0.1) is 0 Å². The number of nitrogens with one attached hydrogen (secondary N) is 1. The smallest absolute Gasteiger partial charge is 0.0550 e. The van der Waals surface area contributed by atoms with Crippen LogP contribution < -0.4 is 5.32 Å². The van der Waals surface area contributed by atoms with Crippen molar-refractivity contribution in [2.24, 2.45) is 5.92 Å². The third-order valence-electron chi connectivity index (χ3n) is 3.07. The molecule has 2 heteroatoms. The van der Waals surface area contributed by atoms with Gasteiger partial charge < -0.3 is 10.1 Å². The highest BCUT2D eigenvalue weighted by Crippen LogP contribution is 2.24. The Morgan fingerprint density at radius 2 is 2.31 bits per heavy atom. The lowest BCUT2D eigenvalue weighted by Gasteiger charge is -2.33.